The molecule has 1 saturated heterocycles. The molecule has 24 heavy (non-hydrogen) atoms. The number of nitrogens with one attached hydrogen (secondary N) is 2. The highest BCUT2D eigenvalue weighted by Gasteiger charge is 2.16. The van der Waals surface area contributed by atoms with Crippen molar-refractivity contribution in [3.8, 4) is 0 Å². The first-order valence-electron chi connectivity index (χ1n) is 8.75. The van der Waals surface area contributed by atoms with Gasteiger partial charge in [0.05, 0.1) is 6.61 Å². The lowest BCUT2D eigenvalue weighted by atomic mass is 10.1. The predicted octanol–water partition coefficient (Wildman–Crippen LogP) is 1.27. The molecule has 0 radical (unpaired) electrons. The summed E-state index contributed by atoms with van der Waals surface area (Å²) in [6.07, 6.45) is 0. The third kappa shape index (κ3) is 6.11. The van der Waals surface area contributed by atoms with E-state index in [9.17, 15) is 4.79 Å². The van der Waals surface area contributed by atoms with Gasteiger partial charge in [-0.15, -0.1) is 0 Å². The lowest BCUT2D eigenvalue weighted by Crippen LogP contribution is -2.45. The number of carbonyl (C=O) groups is 1. The Morgan fingerprint density at radius 2 is 1.75 bits per heavy atom. The van der Waals surface area contributed by atoms with E-state index in [1.165, 1.54) is 11.1 Å². The molecule has 0 aliphatic carbocycles. The molecule has 2 rings (SSSR count). The lowest BCUT2D eigenvalue weighted by molar-refractivity contribution is 0.131. The standard InChI is InChI=1S/C18H30N4O2/c1-3-21-9-11-22(12-10-21)15-17-7-5-4-6-16(17)14-20-18(23)19-8-13-24-2/h4-7H,3,8-15H2,1-2H3,(H2,19,20,23). The summed E-state index contributed by atoms with van der Waals surface area (Å²) in [5.41, 5.74) is 2.47. The monoisotopic (exact) mass is 334 g/mol. The summed E-state index contributed by atoms with van der Waals surface area (Å²) in [6.45, 7) is 10.4. The normalized spacial score (nSPS) is 16.1. The first-order valence-corrected chi connectivity index (χ1v) is 8.75. The molecule has 0 bridgehead atoms. The van der Waals surface area contributed by atoms with Gasteiger partial charge in [0, 0.05) is 52.9 Å². The minimum atomic E-state index is -0.154. The third-order valence-electron chi connectivity index (χ3n) is 4.46. The molecule has 1 aromatic rings. The molecule has 1 fully saturated rings. The molecule has 2 amide bonds. The van der Waals surface area contributed by atoms with E-state index in [1.54, 1.807) is 7.11 Å². The van der Waals surface area contributed by atoms with Gasteiger partial charge in [0.2, 0.25) is 0 Å². The van der Waals surface area contributed by atoms with Gasteiger partial charge in [-0.25, -0.2) is 4.79 Å². The van der Waals surface area contributed by atoms with Crippen molar-refractivity contribution in [2.45, 2.75) is 20.0 Å². The van der Waals surface area contributed by atoms with Crippen LogP contribution in [0.5, 0.6) is 0 Å². The van der Waals surface area contributed by atoms with Crippen LogP contribution in [0.2, 0.25) is 0 Å². The maximum atomic E-state index is 11.8. The summed E-state index contributed by atoms with van der Waals surface area (Å²) < 4.78 is 4.92. The molecule has 0 unspecified atom stereocenters. The van der Waals surface area contributed by atoms with E-state index in [1.807, 2.05) is 6.07 Å². The van der Waals surface area contributed by atoms with Crippen LogP contribution in [-0.2, 0) is 17.8 Å². The quantitative estimate of drug-likeness (QED) is 0.703. The van der Waals surface area contributed by atoms with E-state index in [4.69, 9.17) is 4.74 Å². The molecular formula is C18H30N4O2. The SMILES string of the molecule is CCN1CCN(Cc2ccccc2CNC(=O)NCCOC)CC1. The molecule has 6 nitrogen and oxygen atoms in total. The summed E-state index contributed by atoms with van der Waals surface area (Å²) in [4.78, 5) is 16.7. The maximum Gasteiger partial charge on any atom is 0.315 e. The van der Waals surface area contributed by atoms with E-state index in [2.05, 4.69) is 45.6 Å². The fourth-order valence-electron chi connectivity index (χ4n) is 2.89. The summed E-state index contributed by atoms with van der Waals surface area (Å²) in [6, 6.07) is 8.19. The first kappa shape index (κ1) is 18.7. The second-order valence-corrected chi connectivity index (χ2v) is 6.08. The minimum Gasteiger partial charge on any atom is -0.383 e. The third-order valence-corrected chi connectivity index (χ3v) is 4.46. The van der Waals surface area contributed by atoms with E-state index in [0.29, 0.717) is 19.7 Å². The molecule has 1 aliphatic rings. The highest BCUT2D eigenvalue weighted by atomic mass is 16.5. The summed E-state index contributed by atoms with van der Waals surface area (Å²) in [7, 11) is 1.62. The van der Waals surface area contributed by atoms with Crippen LogP contribution in [0, 0.1) is 0 Å². The second-order valence-electron chi connectivity index (χ2n) is 6.08. The van der Waals surface area contributed by atoms with Gasteiger partial charge in [-0.2, -0.15) is 0 Å². The van der Waals surface area contributed by atoms with Crippen molar-refractivity contribution in [2.75, 3.05) is 53.0 Å². The largest absolute Gasteiger partial charge is 0.383 e. The van der Waals surface area contributed by atoms with Crippen LogP contribution in [0.1, 0.15) is 18.1 Å². The van der Waals surface area contributed by atoms with E-state index in [0.717, 1.165) is 39.3 Å². The van der Waals surface area contributed by atoms with Gasteiger partial charge in [-0.3, -0.25) is 4.90 Å². The zero-order chi connectivity index (χ0) is 17.2. The smallest absolute Gasteiger partial charge is 0.315 e. The van der Waals surface area contributed by atoms with Gasteiger partial charge in [-0.1, -0.05) is 31.2 Å². The Labute approximate surface area is 145 Å². The Morgan fingerprint density at radius 1 is 1.08 bits per heavy atom. The molecule has 134 valence electrons. The molecular weight excluding hydrogens is 304 g/mol. The Morgan fingerprint density at radius 3 is 2.42 bits per heavy atom. The number of methoxy groups -OCH3 is 1. The van der Waals surface area contributed by atoms with Gasteiger partial charge in [0.25, 0.3) is 0 Å². The molecule has 0 spiro atoms. The van der Waals surface area contributed by atoms with E-state index >= 15 is 0 Å². The van der Waals surface area contributed by atoms with Crippen LogP contribution in [0.15, 0.2) is 24.3 Å². The summed E-state index contributed by atoms with van der Waals surface area (Å²) >= 11 is 0. The van der Waals surface area contributed by atoms with E-state index < -0.39 is 0 Å². The minimum absolute atomic E-state index is 0.154. The molecule has 1 aliphatic heterocycles. The molecule has 0 atom stereocenters. The van der Waals surface area contributed by atoms with Gasteiger partial charge in [0.1, 0.15) is 0 Å². The van der Waals surface area contributed by atoms with Crippen molar-refractivity contribution in [2.24, 2.45) is 0 Å². The summed E-state index contributed by atoms with van der Waals surface area (Å²) in [5.74, 6) is 0. The number of urea groups is 1. The Balaban J connectivity index is 1.82. The predicted molar refractivity (Wildman–Crippen MR) is 95.9 cm³/mol. The van der Waals surface area contributed by atoms with Crippen molar-refractivity contribution >= 4 is 6.03 Å². The van der Waals surface area contributed by atoms with Gasteiger partial charge >= 0.3 is 6.03 Å². The van der Waals surface area contributed by atoms with Crippen LogP contribution >= 0.6 is 0 Å². The van der Waals surface area contributed by atoms with Gasteiger partial charge < -0.3 is 20.3 Å². The summed E-state index contributed by atoms with van der Waals surface area (Å²) in [5, 5.41) is 5.69. The zero-order valence-electron chi connectivity index (χ0n) is 14.9. The van der Waals surface area contributed by atoms with Crippen LogP contribution in [0.3, 0.4) is 0 Å². The number of hydrogen-bond donors (Lipinski definition) is 2. The molecule has 0 saturated carbocycles. The van der Waals surface area contributed by atoms with Crippen molar-refractivity contribution in [3.63, 3.8) is 0 Å². The first-order chi connectivity index (χ1) is 11.7. The number of benzene rings is 1. The number of likely N-dealkylation sites (N-methyl/N-ethyl adjacent to an activating group) is 1. The average Bonchev–Trinajstić information content (AvgIpc) is 2.62. The number of ether oxygens (including phenoxy) is 1. The van der Waals surface area contributed by atoms with Crippen molar-refractivity contribution in [1.29, 1.82) is 0 Å². The number of rotatable bonds is 8. The fourth-order valence-corrected chi connectivity index (χ4v) is 2.89. The van der Waals surface area contributed by atoms with Crippen LogP contribution < -0.4 is 10.6 Å². The van der Waals surface area contributed by atoms with Crippen molar-refractivity contribution in [3.05, 3.63) is 35.4 Å². The maximum absolute atomic E-state index is 11.8. The molecule has 1 heterocycles. The Hall–Kier alpha value is -1.63. The number of nitrogens with zero attached hydrogens (tertiary/aromatic N) is 2. The highest BCUT2D eigenvalue weighted by Crippen LogP contribution is 2.13. The van der Waals surface area contributed by atoms with Crippen LogP contribution in [0.25, 0.3) is 0 Å². The van der Waals surface area contributed by atoms with Gasteiger partial charge in [-0.05, 0) is 17.7 Å². The average molecular weight is 334 g/mol. The molecule has 1 aromatic carbocycles. The van der Waals surface area contributed by atoms with Gasteiger partial charge in [0.15, 0.2) is 0 Å². The van der Waals surface area contributed by atoms with Crippen LogP contribution in [-0.4, -0.2) is 68.8 Å². The van der Waals surface area contributed by atoms with Crippen molar-refractivity contribution < 1.29 is 9.53 Å². The zero-order valence-corrected chi connectivity index (χ0v) is 14.9. The van der Waals surface area contributed by atoms with Crippen molar-refractivity contribution in [1.82, 2.24) is 20.4 Å². The Bertz CT molecular complexity index is 502. The fraction of sp³-hybridized carbons (Fsp3) is 0.611. The molecule has 0 aromatic heterocycles. The Kier molecular flexibility index (Phi) is 8.01. The van der Waals surface area contributed by atoms with E-state index in [-0.39, 0.29) is 6.03 Å². The molecule has 2 N–H and O–H groups in total. The highest BCUT2D eigenvalue weighted by molar-refractivity contribution is 5.73. The number of hydrogen-bond acceptors (Lipinski definition) is 4. The second kappa shape index (κ2) is 10.3. The number of amides is 2. The molecule has 6 heteroatoms. The number of piperazine rings is 1. The topological polar surface area (TPSA) is 56.8 Å². The number of carbonyl (C=O) groups excluding carboxylic acids is 1. The lowest BCUT2D eigenvalue weighted by Gasteiger charge is -2.34. The van der Waals surface area contributed by atoms with Crippen LogP contribution in [0.4, 0.5) is 4.79 Å².